The van der Waals surface area contributed by atoms with E-state index in [9.17, 15) is 18.8 Å². The van der Waals surface area contributed by atoms with Crippen LogP contribution in [0, 0.1) is 5.82 Å². The lowest BCUT2D eigenvalue weighted by molar-refractivity contribution is -0.143. The molecule has 49 heavy (non-hydrogen) atoms. The van der Waals surface area contributed by atoms with Gasteiger partial charge in [0, 0.05) is 0 Å². The SMILES string of the molecule is CCOC(=O)C1=C(C)N=c2s/c(=C\c3cc(Br)c(OCc4cccc(F)c4)c(Br)c3)c(=O)n2[C@H]1c1ccc(OCC(=O)OC)c(OCC)c1. The summed E-state index contributed by atoms with van der Waals surface area (Å²) in [5.41, 5.74) is 2.15. The molecule has 0 bridgehead atoms. The second-order valence-electron chi connectivity index (χ2n) is 10.5. The van der Waals surface area contributed by atoms with Crippen LogP contribution >= 0.6 is 43.2 Å². The van der Waals surface area contributed by atoms with Gasteiger partial charge in [-0.05, 0) is 112 Å². The fourth-order valence-corrected chi connectivity index (χ4v) is 7.62. The van der Waals surface area contributed by atoms with E-state index in [0.717, 1.165) is 0 Å². The Kier molecular flexibility index (Phi) is 11.7. The second-order valence-corrected chi connectivity index (χ2v) is 13.3. The lowest BCUT2D eigenvalue weighted by Gasteiger charge is -2.25. The van der Waals surface area contributed by atoms with Gasteiger partial charge in [-0.3, -0.25) is 9.36 Å². The number of benzene rings is 3. The number of esters is 2. The first-order chi connectivity index (χ1) is 23.5. The summed E-state index contributed by atoms with van der Waals surface area (Å²) in [5.74, 6) is -0.388. The summed E-state index contributed by atoms with van der Waals surface area (Å²) in [7, 11) is 1.26. The van der Waals surface area contributed by atoms with Crippen molar-refractivity contribution < 1.29 is 37.7 Å². The van der Waals surface area contributed by atoms with E-state index >= 15 is 0 Å². The molecule has 2 heterocycles. The molecular formula is C35H31Br2FN2O8S. The first-order valence-electron chi connectivity index (χ1n) is 15.1. The molecule has 0 saturated carbocycles. The Morgan fingerprint density at radius 1 is 1.00 bits per heavy atom. The molecule has 1 aromatic heterocycles. The number of hydrogen-bond donors (Lipinski definition) is 0. The number of carbonyl (C=O) groups excluding carboxylic acids is 2. The third-order valence-corrected chi connectivity index (χ3v) is 9.43. The largest absolute Gasteiger partial charge is 0.490 e. The molecule has 10 nitrogen and oxygen atoms in total. The number of fused-ring (bicyclic) bond motifs is 1. The van der Waals surface area contributed by atoms with Crippen molar-refractivity contribution in [3.8, 4) is 17.2 Å². The Labute approximate surface area is 301 Å². The van der Waals surface area contributed by atoms with Crippen LogP contribution in [-0.4, -0.2) is 43.4 Å². The van der Waals surface area contributed by atoms with Crippen LogP contribution in [0.25, 0.3) is 6.08 Å². The summed E-state index contributed by atoms with van der Waals surface area (Å²) in [6.07, 6.45) is 1.73. The number of ether oxygens (including phenoxy) is 5. The summed E-state index contributed by atoms with van der Waals surface area (Å²) in [6, 6.07) is 13.9. The minimum Gasteiger partial charge on any atom is -0.490 e. The van der Waals surface area contributed by atoms with E-state index in [0.29, 0.717) is 64.5 Å². The van der Waals surface area contributed by atoms with E-state index in [-0.39, 0.29) is 36.8 Å². The number of allylic oxidation sites excluding steroid dienone is 1. The number of aromatic nitrogens is 1. The van der Waals surface area contributed by atoms with Gasteiger partial charge in [0.05, 0.1) is 51.1 Å². The third-order valence-electron chi connectivity index (χ3n) is 7.26. The van der Waals surface area contributed by atoms with Crippen LogP contribution in [0.2, 0.25) is 0 Å². The minimum absolute atomic E-state index is 0.128. The zero-order chi connectivity index (χ0) is 35.2. The average molecular weight is 819 g/mol. The number of carbonyl (C=O) groups is 2. The van der Waals surface area contributed by atoms with Crippen molar-refractivity contribution in [3.63, 3.8) is 0 Å². The monoisotopic (exact) mass is 816 g/mol. The van der Waals surface area contributed by atoms with Crippen molar-refractivity contribution in [2.45, 2.75) is 33.4 Å². The Morgan fingerprint density at radius 2 is 1.76 bits per heavy atom. The Hall–Kier alpha value is -4.27. The van der Waals surface area contributed by atoms with E-state index in [1.165, 1.54) is 35.1 Å². The minimum atomic E-state index is -0.900. The smallest absolute Gasteiger partial charge is 0.343 e. The molecule has 14 heteroatoms. The fraction of sp³-hybridized carbons (Fsp3) is 0.257. The van der Waals surface area contributed by atoms with E-state index in [4.69, 9.17) is 18.9 Å². The van der Waals surface area contributed by atoms with Crippen LogP contribution in [-0.2, 0) is 25.7 Å². The highest BCUT2D eigenvalue weighted by Gasteiger charge is 2.34. The van der Waals surface area contributed by atoms with Gasteiger partial charge in [0.2, 0.25) is 0 Å². The first-order valence-corrected chi connectivity index (χ1v) is 17.5. The summed E-state index contributed by atoms with van der Waals surface area (Å²) < 4.78 is 44.2. The van der Waals surface area contributed by atoms with Gasteiger partial charge in [-0.1, -0.05) is 29.5 Å². The Bertz CT molecular complexity index is 2110. The number of methoxy groups -OCH3 is 1. The maximum atomic E-state index is 14.2. The normalized spacial score (nSPS) is 14.2. The molecule has 1 atom stereocenters. The Balaban J connectivity index is 1.57. The highest BCUT2D eigenvalue weighted by atomic mass is 79.9. The molecule has 0 amide bonds. The van der Waals surface area contributed by atoms with Gasteiger partial charge in [0.1, 0.15) is 18.2 Å². The Morgan fingerprint density at radius 3 is 2.43 bits per heavy atom. The van der Waals surface area contributed by atoms with Gasteiger partial charge in [-0.2, -0.15) is 0 Å². The number of halogens is 3. The van der Waals surface area contributed by atoms with Crippen molar-refractivity contribution in [2.75, 3.05) is 26.9 Å². The van der Waals surface area contributed by atoms with Gasteiger partial charge in [0.25, 0.3) is 5.56 Å². The van der Waals surface area contributed by atoms with Crippen LogP contribution in [0.4, 0.5) is 4.39 Å². The molecule has 4 aromatic rings. The maximum Gasteiger partial charge on any atom is 0.343 e. The molecule has 1 aliphatic rings. The van der Waals surface area contributed by atoms with Crippen molar-refractivity contribution in [1.82, 2.24) is 4.57 Å². The molecular weight excluding hydrogens is 787 g/mol. The van der Waals surface area contributed by atoms with Crippen LogP contribution in [0.1, 0.15) is 43.5 Å². The molecule has 0 spiro atoms. The summed E-state index contributed by atoms with van der Waals surface area (Å²) in [6.45, 7) is 5.44. The molecule has 5 rings (SSSR count). The molecule has 0 radical (unpaired) electrons. The van der Waals surface area contributed by atoms with Crippen LogP contribution in [0.3, 0.4) is 0 Å². The number of hydrogen-bond acceptors (Lipinski definition) is 10. The van der Waals surface area contributed by atoms with E-state index in [2.05, 4.69) is 41.6 Å². The van der Waals surface area contributed by atoms with Crippen molar-refractivity contribution in [3.05, 3.63) is 117 Å². The fourth-order valence-electron chi connectivity index (χ4n) is 5.12. The third kappa shape index (κ3) is 8.14. The summed E-state index contributed by atoms with van der Waals surface area (Å²) >= 11 is 8.29. The van der Waals surface area contributed by atoms with E-state index in [1.807, 2.05) is 0 Å². The topological polar surface area (TPSA) is 115 Å². The predicted octanol–water partition coefficient (Wildman–Crippen LogP) is 5.99. The molecule has 0 N–H and O–H groups in total. The van der Waals surface area contributed by atoms with Crippen molar-refractivity contribution in [2.24, 2.45) is 4.99 Å². The van der Waals surface area contributed by atoms with Gasteiger partial charge < -0.3 is 23.7 Å². The average Bonchev–Trinajstić information content (AvgIpc) is 3.36. The molecule has 1 aliphatic heterocycles. The molecule has 0 unspecified atom stereocenters. The molecule has 3 aromatic carbocycles. The predicted molar refractivity (Wildman–Crippen MR) is 188 cm³/mol. The van der Waals surface area contributed by atoms with Crippen molar-refractivity contribution in [1.29, 1.82) is 0 Å². The van der Waals surface area contributed by atoms with Crippen LogP contribution in [0.15, 0.2) is 84.6 Å². The summed E-state index contributed by atoms with van der Waals surface area (Å²) in [4.78, 5) is 44.3. The molecule has 0 fully saturated rings. The number of thiazole rings is 1. The number of rotatable bonds is 12. The van der Waals surface area contributed by atoms with Crippen LogP contribution < -0.4 is 29.1 Å². The van der Waals surface area contributed by atoms with E-state index < -0.39 is 18.0 Å². The van der Waals surface area contributed by atoms with Crippen LogP contribution in [0.5, 0.6) is 17.2 Å². The first kappa shape index (κ1) is 36.0. The highest BCUT2D eigenvalue weighted by molar-refractivity contribution is 9.11. The van der Waals surface area contributed by atoms with Gasteiger partial charge in [0.15, 0.2) is 22.9 Å². The lowest BCUT2D eigenvalue weighted by Crippen LogP contribution is -2.40. The number of nitrogens with zero attached hydrogens (tertiary/aromatic N) is 2. The zero-order valence-corrected chi connectivity index (χ0v) is 30.9. The molecule has 256 valence electrons. The molecule has 0 aliphatic carbocycles. The standard InChI is InChI=1S/C35H31Br2FN2O8S/c1-5-45-27-16-22(10-11-26(27)47-18-29(41)44-4)31-30(34(43)46-6-2)19(3)39-35-40(31)33(42)28(49-35)15-21-13-24(36)32(25(37)14-21)48-17-20-8-7-9-23(38)12-20/h7-16,31H,5-6,17-18H2,1-4H3/b28-15-/t31-/m0/s1. The van der Waals surface area contributed by atoms with Gasteiger partial charge in [-0.25, -0.2) is 19.0 Å². The van der Waals surface area contributed by atoms with E-state index in [1.54, 1.807) is 69.3 Å². The summed E-state index contributed by atoms with van der Waals surface area (Å²) in [5, 5.41) is 0. The molecule has 0 saturated heterocycles. The quantitative estimate of drug-likeness (QED) is 0.160. The second kappa shape index (κ2) is 16.0. The maximum absolute atomic E-state index is 14.2. The van der Waals surface area contributed by atoms with Gasteiger partial charge in [-0.15, -0.1) is 0 Å². The highest BCUT2D eigenvalue weighted by Crippen LogP contribution is 2.37. The lowest BCUT2D eigenvalue weighted by atomic mass is 9.95. The van der Waals surface area contributed by atoms with Crippen molar-refractivity contribution >= 4 is 61.2 Å². The van der Waals surface area contributed by atoms with Gasteiger partial charge >= 0.3 is 11.9 Å². The zero-order valence-electron chi connectivity index (χ0n) is 26.9.